The third-order valence-electron chi connectivity index (χ3n) is 10.4. The summed E-state index contributed by atoms with van der Waals surface area (Å²) in [5.41, 5.74) is 1.03. The predicted molar refractivity (Wildman–Crippen MR) is 198 cm³/mol. The summed E-state index contributed by atoms with van der Waals surface area (Å²) in [6.45, 7) is 10.7. The van der Waals surface area contributed by atoms with Crippen LogP contribution in [-0.4, -0.2) is 113 Å². The zero-order valence-corrected chi connectivity index (χ0v) is 33.1. The van der Waals surface area contributed by atoms with Crippen molar-refractivity contribution in [3.63, 3.8) is 0 Å². The lowest BCUT2D eigenvalue weighted by atomic mass is 9.82. The van der Waals surface area contributed by atoms with Crippen LogP contribution in [0.1, 0.15) is 99.2 Å². The zero-order valence-electron chi connectivity index (χ0n) is 32.3. The second-order valence-corrected chi connectivity index (χ2v) is 15.8. The van der Waals surface area contributed by atoms with Crippen molar-refractivity contribution >= 4 is 40.9 Å². The van der Waals surface area contributed by atoms with Crippen molar-refractivity contribution < 1.29 is 38.2 Å². The van der Waals surface area contributed by atoms with E-state index in [4.69, 9.17) is 14.2 Å². The lowest BCUT2D eigenvalue weighted by Gasteiger charge is -2.40. The summed E-state index contributed by atoms with van der Waals surface area (Å²) in [6.07, 6.45) is 6.39. The minimum Gasteiger partial charge on any atom is -0.469 e. The number of thiazole rings is 1. The van der Waals surface area contributed by atoms with Gasteiger partial charge in [-0.25, -0.2) is 15.0 Å². The number of ketones is 1. The van der Waals surface area contributed by atoms with Gasteiger partial charge in [0, 0.05) is 69.0 Å². The largest absolute Gasteiger partial charge is 0.469 e. The van der Waals surface area contributed by atoms with Crippen LogP contribution in [0, 0.1) is 30.6 Å². The molecule has 0 unspecified atom stereocenters. The Hall–Kier alpha value is -3.82. The number of nitrogens with zero attached hydrogens (tertiary/aromatic N) is 5. The van der Waals surface area contributed by atoms with Crippen LogP contribution in [-0.2, 0) is 39.8 Å². The van der Waals surface area contributed by atoms with Gasteiger partial charge in [-0.3, -0.25) is 28.9 Å². The second kappa shape index (κ2) is 19.5. The molecule has 2 saturated heterocycles. The first-order chi connectivity index (χ1) is 25.2. The van der Waals surface area contributed by atoms with Gasteiger partial charge in [-0.05, 0) is 51.3 Å². The van der Waals surface area contributed by atoms with Crippen LogP contribution in [0.25, 0.3) is 0 Å². The molecule has 0 spiro atoms. The fraction of sp³-hybridized carbons (Fsp3) is 0.684. The Labute approximate surface area is 316 Å². The number of hydrogen-bond donors (Lipinski definition) is 1. The van der Waals surface area contributed by atoms with Gasteiger partial charge in [-0.1, -0.05) is 27.2 Å². The number of aromatic nitrogens is 3. The fourth-order valence-corrected chi connectivity index (χ4v) is 8.00. The molecule has 4 rings (SSSR count). The van der Waals surface area contributed by atoms with E-state index in [1.165, 1.54) is 25.4 Å². The van der Waals surface area contributed by atoms with Crippen molar-refractivity contribution in [2.45, 2.75) is 104 Å². The van der Waals surface area contributed by atoms with E-state index in [9.17, 15) is 24.0 Å². The summed E-state index contributed by atoms with van der Waals surface area (Å²) in [6, 6.07) is -1.06. The van der Waals surface area contributed by atoms with Gasteiger partial charge in [0.05, 0.1) is 38.2 Å². The minimum atomic E-state index is -0.833. The molecule has 6 atom stereocenters. The summed E-state index contributed by atoms with van der Waals surface area (Å²) in [7, 11) is 5.04. The Bertz CT molecular complexity index is 1560. The van der Waals surface area contributed by atoms with Gasteiger partial charge in [0.2, 0.25) is 5.91 Å². The number of carbonyl (C=O) groups excluding carboxylic acids is 5. The van der Waals surface area contributed by atoms with Gasteiger partial charge in [0.1, 0.15) is 16.5 Å². The molecule has 2 fully saturated rings. The molecule has 0 saturated carbocycles. The van der Waals surface area contributed by atoms with Crippen molar-refractivity contribution in [3.8, 4) is 0 Å². The van der Waals surface area contributed by atoms with Crippen LogP contribution in [0.3, 0.4) is 0 Å². The monoisotopic (exact) mass is 756 g/mol. The Morgan fingerprint density at radius 3 is 2.38 bits per heavy atom. The van der Waals surface area contributed by atoms with Crippen molar-refractivity contribution in [2.24, 2.45) is 23.7 Å². The van der Waals surface area contributed by atoms with E-state index < -0.39 is 41.8 Å². The molecule has 292 valence electrons. The topological polar surface area (TPSA) is 170 Å². The van der Waals surface area contributed by atoms with Crippen molar-refractivity contribution in [1.29, 1.82) is 0 Å². The van der Waals surface area contributed by atoms with Crippen molar-refractivity contribution in [3.05, 3.63) is 39.9 Å². The van der Waals surface area contributed by atoms with Crippen LogP contribution in [0.2, 0.25) is 0 Å². The SMILES string of the molecule is COC(=O)[C@@H](C)C[C@H](Cc1ncc(C)cn1)NC(=O)c1csc([C@@H](C[C@H](C(C)C)N(C)C(=O)[C@@H](CC(=O)[C@H]2CCCCN2C)C2COC2)OC(C)=O)n1. The number of aryl methyl sites for hydroxylation is 1. The summed E-state index contributed by atoms with van der Waals surface area (Å²) in [5, 5.41) is 5.00. The van der Waals surface area contributed by atoms with E-state index in [0.29, 0.717) is 24.0 Å². The summed E-state index contributed by atoms with van der Waals surface area (Å²) < 4.78 is 16.2. The van der Waals surface area contributed by atoms with E-state index >= 15 is 0 Å². The van der Waals surface area contributed by atoms with E-state index in [2.05, 4.69) is 25.2 Å². The Kier molecular flexibility index (Phi) is 15.4. The van der Waals surface area contributed by atoms with E-state index in [-0.39, 0.29) is 67.0 Å². The number of methoxy groups -OCH3 is 1. The maximum absolute atomic E-state index is 14.2. The normalized spacial score (nSPS) is 19.3. The molecule has 4 heterocycles. The smallest absolute Gasteiger partial charge is 0.308 e. The number of esters is 2. The highest BCUT2D eigenvalue weighted by molar-refractivity contribution is 7.09. The van der Waals surface area contributed by atoms with Gasteiger partial charge in [-0.15, -0.1) is 11.3 Å². The maximum atomic E-state index is 14.2. The Morgan fingerprint density at radius 1 is 1.09 bits per heavy atom. The van der Waals surface area contributed by atoms with Gasteiger partial charge in [0.15, 0.2) is 11.9 Å². The average Bonchev–Trinajstić information content (AvgIpc) is 3.59. The highest BCUT2D eigenvalue weighted by Gasteiger charge is 2.41. The summed E-state index contributed by atoms with van der Waals surface area (Å²) in [4.78, 5) is 83.1. The fourth-order valence-electron chi connectivity index (χ4n) is 7.16. The number of carbonyl (C=O) groups is 5. The summed E-state index contributed by atoms with van der Waals surface area (Å²) >= 11 is 1.19. The average molecular weight is 757 g/mol. The number of amides is 2. The molecule has 2 aromatic heterocycles. The molecule has 0 aliphatic carbocycles. The van der Waals surface area contributed by atoms with E-state index in [1.807, 2.05) is 27.8 Å². The zero-order chi connectivity index (χ0) is 38.8. The highest BCUT2D eigenvalue weighted by Crippen LogP contribution is 2.34. The Morgan fingerprint density at radius 2 is 1.79 bits per heavy atom. The molecule has 1 N–H and O–H groups in total. The van der Waals surface area contributed by atoms with Gasteiger partial charge in [0.25, 0.3) is 5.91 Å². The van der Waals surface area contributed by atoms with E-state index in [1.54, 1.807) is 36.6 Å². The first-order valence-corrected chi connectivity index (χ1v) is 19.4. The molecule has 2 aliphatic heterocycles. The number of Topliss-reactive ketones (excluding diaryl/α,β-unsaturated/α-hetero) is 1. The first-order valence-electron chi connectivity index (χ1n) is 18.5. The summed E-state index contributed by atoms with van der Waals surface area (Å²) in [5.74, 6) is -1.99. The molecular formula is C38H56N6O8S. The van der Waals surface area contributed by atoms with Crippen LogP contribution in [0.4, 0.5) is 0 Å². The van der Waals surface area contributed by atoms with E-state index in [0.717, 1.165) is 31.4 Å². The van der Waals surface area contributed by atoms with Gasteiger partial charge >= 0.3 is 11.9 Å². The molecule has 0 aromatic carbocycles. The number of ether oxygens (including phenoxy) is 3. The number of hydrogen-bond acceptors (Lipinski definition) is 13. The van der Waals surface area contributed by atoms with Crippen LogP contribution in [0.5, 0.6) is 0 Å². The van der Waals surface area contributed by atoms with Gasteiger partial charge < -0.3 is 24.4 Å². The number of likely N-dealkylation sites (N-methyl/N-ethyl adjacent to an activating group) is 1. The van der Waals surface area contributed by atoms with Crippen LogP contribution < -0.4 is 5.32 Å². The standard InChI is InChI=1S/C38H56N6O8S/c1-22(2)31(44(7)37(48)28(26-19-51-20-26)15-32(46)30-11-9-10-12-43(30)6)16-33(52-25(5)45)36-42-29(21-53-36)35(47)41-27(13-24(4)38(49)50-8)14-34-39-17-23(3)18-40-34/h17-18,21-22,24,26-28,30-31,33H,9-16,19-20H2,1-8H3,(H,41,47)/t24-,27+,28-,30+,31+,33+/m0/s1. The van der Waals surface area contributed by atoms with Gasteiger partial charge in [-0.2, -0.15) is 0 Å². The molecule has 2 aromatic rings. The highest BCUT2D eigenvalue weighted by atomic mass is 32.1. The molecule has 0 bridgehead atoms. The quantitative estimate of drug-likeness (QED) is 0.218. The molecule has 53 heavy (non-hydrogen) atoms. The first kappa shape index (κ1) is 41.9. The molecule has 2 amide bonds. The second-order valence-electron chi connectivity index (χ2n) is 14.9. The van der Waals surface area contributed by atoms with Crippen molar-refractivity contribution in [1.82, 2.24) is 30.1 Å². The molecule has 15 heteroatoms. The molecule has 14 nitrogen and oxygen atoms in total. The third kappa shape index (κ3) is 11.6. The number of likely N-dealkylation sites (tertiary alicyclic amines) is 1. The number of piperidine rings is 1. The van der Waals surface area contributed by atoms with Crippen LogP contribution in [0.15, 0.2) is 17.8 Å². The minimum absolute atomic E-state index is 0.0373. The third-order valence-corrected chi connectivity index (χ3v) is 11.3. The maximum Gasteiger partial charge on any atom is 0.308 e. The number of rotatable bonds is 18. The van der Waals surface area contributed by atoms with Crippen molar-refractivity contribution in [2.75, 3.05) is 41.0 Å². The van der Waals surface area contributed by atoms with Crippen LogP contribution >= 0.6 is 11.3 Å². The molecule has 2 aliphatic rings. The molecular weight excluding hydrogens is 701 g/mol. The lowest BCUT2D eigenvalue weighted by molar-refractivity contribution is -0.153. The molecule has 0 radical (unpaired) electrons. The number of nitrogens with one attached hydrogen (secondary N) is 1. The predicted octanol–water partition coefficient (Wildman–Crippen LogP) is 3.97. The lowest BCUT2D eigenvalue weighted by Crippen LogP contribution is -2.51. The Balaban J connectivity index is 1.50.